The average Bonchev–Trinajstić information content (AvgIpc) is 2.83. The summed E-state index contributed by atoms with van der Waals surface area (Å²) in [5, 5.41) is 23.6. The molecule has 0 radical (unpaired) electrons. The monoisotopic (exact) mass is 543 g/mol. The van der Waals surface area contributed by atoms with E-state index in [1.54, 1.807) is 30.3 Å². The van der Waals surface area contributed by atoms with E-state index in [0.29, 0.717) is 29.3 Å². The molecule has 1 aliphatic carbocycles. The zero-order valence-electron chi connectivity index (χ0n) is 21.3. The first kappa shape index (κ1) is 27.6. The molecule has 1 aliphatic rings. The summed E-state index contributed by atoms with van der Waals surface area (Å²) in [6, 6.07) is 12.3. The van der Waals surface area contributed by atoms with Crippen molar-refractivity contribution in [3.05, 3.63) is 101 Å². The Hall–Kier alpha value is -3.45. The Kier molecular flexibility index (Phi) is 7.79. The largest absolute Gasteiger partial charge is 0.508 e. The summed E-state index contributed by atoms with van der Waals surface area (Å²) in [5.74, 6) is -0.926. The second kappa shape index (κ2) is 10.7. The Balaban J connectivity index is 1.67. The molecule has 38 heavy (non-hydrogen) atoms. The molecule has 3 N–H and O–H groups in total. The van der Waals surface area contributed by atoms with Gasteiger partial charge in [-0.2, -0.15) is 0 Å². The van der Waals surface area contributed by atoms with E-state index < -0.39 is 17.8 Å². The molecule has 8 heteroatoms. The molecule has 0 amide bonds. The van der Waals surface area contributed by atoms with Crippen molar-refractivity contribution in [2.75, 3.05) is 5.32 Å². The quantitative estimate of drug-likeness (QED) is 0.144. The smallest absolute Gasteiger partial charge is 0.264 e. The Bertz CT molecular complexity index is 1360. The molecule has 0 saturated heterocycles. The van der Waals surface area contributed by atoms with Gasteiger partial charge in [0.1, 0.15) is 11.6 Å². The van der Waals surface area contributed by atoms with Crippen LogP contribution in [-0.2, 0) is 0 Å². The minimum Gasteiger partial charge on any atom is -0.508 e. The van der Waals surface area contributed by atoms with E-state index in [1.165, 1.54) is 12.3 Å². The number of rotatable bonds is 9. The number of pyridine rings is 1. The molecule has 4 rings (SSSR count). The number of benzene rings is 2. The highest BCUT2D eigenvalue weighted by Gasteiger charge is 2.40. The SMILES string of the molecule is C=C(O)c1ccc(NC(=C)C(CC2CC(C)(C)C2)c2ccc(-c3c(C(F)F)ccc(Cl)c3F)c[n+]2O)cc1. The molecule has 4 nitrogen and oxygen atoms in total. The number of aromatic nitrogens is 1. The number of nitrogens with zero attached hydrogens (tertiary/aromatic N) is 1. The molecule has 3 aromatic rings. The second-order valence-corrected chi connectivity index (χ2v) is 11.1. The Morgan fingerprint density at radius 3 is 2.32 bits per heavy atom. The van der Waals surface area contributed by atoms with Crippen molar-refractivity contribution < 1.29 is 28.2 Å². The first-order chi connectivity index (χ1) is 17.9. The number of aliphatic hydroxyl groups is 1. The van der Waals surface area contributed by atoms with Gasteiger partial charge in [-0.25, -0.2) is 13.2 Å². The van der Waals surface area contributed by atoms with Crippen molar-refractivity contribution in [3.8, 4) is 11.1 Å². The van der Waals surface area contributed by atoms with Gasteiger partial charge in [-0.05, 0) is 67.0 Å². The fraction of sp³-hybridized carbons (Fsp3) is 0.300. The maximum atomic E-state index is 14.8. The number of nitrogens with one attached hydrogen (secondary N) is 1. The number of hydrogen-bond donors (Lipinski definition) is 3. The maximum absolute atomic E-state index is 14.8. The summed E-state index contributed by atoms with van der Waals surface area (Å²) in [7, 11) is 0. The van der Waals surface area contributed by atoms with Crippen LogP contribution in [0.1, 0.15) is 62.3 Å². The van der Waals surface area contributed by atoms with E-state index in [-0.39, 0.29) is 33.2 Å². The van der Waals surface area contributed by atoms with E-state index in [1.807, 2.05) is 0 Å². The molecule has 1 heterocycles. The zero-order chi connectivity index (χ0) is 27.8. The van der Waals surface area contributed by atoms with Gasteiger partial charge in [-0.1, -0.05) is 44.7 Å². The van der Waals surface area contributed by atoms with E-state index >= 15 is 0 Å². The van der Waals surface area contributed by atoms with Gasteiger partial charge in [0, 0.05) is 38.9 Å². The van der Waals surface area contributed by atoms with Gasteiger partial charge in [0.25, 0.3) is 6.43 Å². The molecule has 0 spiro atoms. The Morgan fingerprint density at radius 2 is 1.76 bits per heavy atom. The summed E-state index contributed by atoms with van der Waals surface area (Å²) >= 11 is 5.88. The molecule has 1 saturated carbocycles. The van der Waals surface area contributed by atoms with Crippen LogP contribution >= 0.6 is 11.6 Å². The summed E-state index contributed by atoms with van der Waals surface area (Å²) < 4.78 is 43.0. The Labute approximate surface area is 225 Å². The fourth-order valence-corrected chi connectivity index (χ4v) is 5.59. The van der Waals surface area contributed by atoms with Gasteiger partial charge in [0.05, 0.1) is 16.5 Å². The van der Waals surface area contributed by atoms with Crippen molar-refractivity contribution in [2.24, 2.45) is 11.3 Å². The first-order valence-electron chi connectivity index (χ1n) is 12.3. The molecule has 2 aromatic carbocycles. The highest BCUT2D eigenvalue weighted by atomic mass is 35.5. The lowest BCUT2D eigenvalue weighted by molar-refractivity contribution is -0.909. The number of alkyl halides is 2. The maximum Gasteiger partial charge on any atom is 0.264 e. The van der Waals surface area contributed by atoms with Crippen LogP contribution in [0.25, 0.3) is 16.9 Å². The number of halogens is 4. The van der Waals surface area contributed by atoms with Gasteiger partial charge in [-0.3, -0.25) is 5.21 Å². The Morgan fingerprint density at radius 1 is 1.11 bits per heavy atom. The molecular weight excluding hydrogens is 513 g/mol. The van der Waals surface area contributed by atoms with Crippen LogP contribution in [0, 0.1) is 17.2 Å². The lowest BCUT2D eigenvalue weighted by Gasteiger charge is -2.43. The highest BCUT2D eigenvalue weighted by Crippen LogP contribution is 2.49. The van der Waals surface area contributed by atoms with Gasteiger partial charge in [0.15, 0.2) is 0 Å². The molecular formula is C30H31ClF3N2O2+. The van der Waals surface area contributed by atoms with Crippen LogP contribution in [0.2, 0.25) is 5.02 Å². The molecule has 200 valence electrons. The normalized spacial score (nSPS) is 15.7. The third kappa shape index (κ3) is 5.83. The predicted molar refractivity (Wildman–Crippen MR) is 144 cm³/mol. The topological polar surface area (TPSA) is 56.4 Å². The van der Waals surface area contributed by atoms with Gasteiger partial charge < -0.3 is 10.4 Å². The molecule has 1 atom stereocenters. The molecule has 0 bridgehead atoms. The van der Waals surface area contributed by atoms with Crippen LogP contribution in [-0.4, -0.2) is 10.3 Å². The lowest BCUT2D eigenvalue weighted by Crippen LogP contribution is -2.39. The third-order valence-corrected chi connectivity index (χ3v) is 7.45. The zero-order valence-corrected chi connectivity index (χ0v) is 22.1. The fourth-order valence-electron chi connectivity index (χ4n) is 5.43. The molecule has 1 aromatic heterocycles. The molecule has 0 aliphatic heterocycles. The second-order valence-electron chi connectivity index (χ2n) is 10.7. The summed E-state index contributed by atoms with van der Waals surface area (Å²) in [5.41, 5.74) is 1.92. The lowest BCUT2D eigenvalue weighted by atomic mass is 9.62. The predicted octanol–water partition coefficient (Wildman–Crippen LogP) is 8.67. The average molecular weight is 544 g/mol. The molecule has 1 unspecified atom stereocenters. The van der Waals surface area contributed by atoms with Crippen LogP contribution in [0.5, 0.6) is 0 Å². The summed E-state index contributed by atoms with van der Waals surface area (Å²) in [6.07, 6.45) is 1.06. The van der Waals surface area contributed by atoms with E-state index in [4.69, 9.17) is 11.6 Å². The number of aliphatic hydroxyl groups excluding tert-OH is 1. The van der Waals surface area contributed by atoms with Crippen molar-refractivity contribution in [3.63, 3.8) is 0 Å². The van der Waals surface area contributed by atoms with Crippen molar-refractivity contribution in [1.82, 2.24) is 0 Å². The standard InChI is InChI=1S/C30H30ClF3N2O2/c1-17(35-22-8-5-20(6-9-22)18(2)37)24(13-19-14-30(3,4)15-19)26-12-7-21(16-36(26)38)27-23(29(33)34)10-11-25(31)28(27)32/h5-12,16,19,24,29,35H,1-2,13-15H2,3-4H3,(H-,37,38)/p+1. The van der Waals surface area contributed by atoms with Gasteiger partial charge in [0.2, 0.25) is 11.9 Å². The van der Waals surface area contributed by atoms with Crippen LogP contribution < -0.4 is 10.0 Å². The van der Waals surface area contributed by atoms with E-state index in [9.17, 15) is 23.5 Å². The number of allylic oxidation sites excluding steroid dienone is 1. The first-order valence-corrected chi connectivity index (χ1v) is 12.7. The van der Waals surface area contributed by atoms with Crippen molar-refractivity contribution in [1.29, 1.82) is 0 Å². The van der Waals surface area contributed by atoms with Crippen LogP contribution in [0.4, 0.5) is 18.9 Å². The van der Waals surface area contributed by atoms with Gasteiger partial charge >= 0.3 is 0 Å². The highest BCUT2D eigenvalue weighted by molar-refractivity contribution is 6.31. The number of anilines is 1. The molecule has 1 fully saturated rings. The van der Waals surface area contributed by atoms with Crippen LogP contribution in [0.15, 0.2) is 73.6 Å². The van der Waals surface area contributed by atoms with Crippen LogP contribution in [0.3, 0.4) is 0 Å². The van der Waals surface area contributed by atoms with Crippen molar-refractivity contribution in [2.45, 2.75) is 45.5 Å². The van der Waals surface area contributed by atoms with Gasteiger partial charge in [-0.15, -0.1) is 0 Å². The van der Waals surface area contributed by atoms with E-state index in [2.05, 4.69) is 32.3 Å². The minimum atomic E-state index is -2.92. The van der Waals surface area contributed by atoms with Crippen molar-refractivity contribution >= 4 is 23.0 Å². The third-order valence-electron chi connectivity index (χ3n) is 7.16. The summed E-state index contributed by atoms with van der Waals surface area (Å²) in [4.78, 5) is 0. The minimum absolute atomic E-state index is 0.0339. The number of hydrogen-bond acceptors (Lipinski definition) is 3. The summed E-state index contributed by atoms with van der Waals surface area (Å²) in [6.45, 7) is 12.2. The van der Waals surface area contributed by atoms with E-state index in [0.717, 1.165) is 35.4 Å².